The molecule has 0 bridgehead atoms. The molecule has 184 valence electrons. The second kappa shape index (κ2) is 10.1. The molecule has 3 aromatic rings. The molecule has 2 heterocycles. The normalized spacial score (nSPS) is 15.7. The Hall–Kier alpha value is -3.33. The number of carbonyl (C=O) groups excluding carboxylic acids is 1. The first-order chi connectivity index (χ1) is 16.7. The molecule has 0 radical (unpaired) electrons. The van der Waals surface area contributed by atoms with Crippen LogP contribution in [0.1, 0.15) is 53.7 Å². The van der Waals surface area contributed by atoms with Crippen molar-refractivity contribution in [2.45, 2.75) is 44.7 Å². The van der Waals surface area contributed by atoms with Crippen molar-refractivity contribution >= 4 is 21.7 Å². The molecule has 35 heavy (non-hydrogen) atoms. The van der Waals surface area contributed by atoms with E-state index in [2.05, 4.69) is 29.1 Å². The van der Waals surface area contributed by atoms with Crippen LogP contribution in [0.5, 0.6) is 0 Å². The Labute approximate surface area is 205 Å². The van der Waals surface area contributed by atoms with Gasteiger partial charge < -0.3 is 10.2 Å². The molecule has 1 aliphatic heterocycles. The Morgan fingerprint density at radius 2 is 1.83 bits per heavy atom. The second-order valence-electron chi connectivity index (χ2n) is 9.08. The van der Waals surface area contributed by atoms with Crippen molar-refractivity contribution in [3.63, 3.8) is 0 Å². The van der Waals surface area contributed by atoms with E-state index in [0.29, 0.717) is 30.5 Å². The van der Waals surface area contributed by atoms with Gasteiger partial charge in [-0.3, -0.25) is 4.79 Å². The van der Waals surface area contributed by atoms with Gasteiger partial charge >= 0.3 is 0 Å². The van der Waals surface area contributed by atoms with E-state index in [-0.39, 0.29) is 29.0 Å². The van der Waals surface area contributed by atoms with Crippen LogP contribution in [0, 0.1) is 11.7 Å². The van der Waals surface area contributed by atoms with E-state index in [1.807, 2.05) is 23.1 Å². The van der Waals surface area contributed by atoms with E-state index in [1.165, 1.54) is 5.56 Å². The molecule has 1 atom stereocenters. The van der Waals surface area contributed by atoms with Crippen LogP contribution in [0.4, 0.5) is 10.3 Å². The summed E-state index contributed by atoms with van der Waals surface area (Å²) in [5.74, 6) is 0.398. The summed E-state index contributed by atoms with van der Waals surface area (Å²) in [5, 5.41) is 2.91. The van der Waals surface area contributed by atoms with Gasteiger partial charge in [0.15, 0.2) is 15.7 Å². The summed E-state index contributed by atoms with van der Waals surface area (Å²) in [6.45, 7) is 7.44. The number of hydrogen-bond donors (Lipinski definition) is 1. The van der Waals surface area contributed by atoms with Crippen LogP contribution in [0.15, 0.2) is 59.8 Å². The molecule has 2 aromatic carbocycles. The maximum Gasteiger partial charge on any atom is 0.251 e. The van der Waals surface area contributed by atoms with Crippen molar-refractivity contribution in [2.75, 3.05) is 17.2 Å². The van der Waals surface area contributed by atoms with Crippen LogP contribution < -0.4 is 10.2 Å². The van der Waals surface area contributed by atoms with Gasteiger partial charge in [-0.1, -0.05) is 39.0 Å². The van der Waals surface area contributed by atoms with Crippen molar-refractivity contribution in [1.82, 2.24) is 15.3 Å². The number of benzene rings is 2. The zero-order valence-corrected chi connectivity index (χ0v) is 20.8. The van der Waals surface area contributed by atoms with Crippen molar-refractivity contribution in [3.05, 3.63) is 82.9 Å². The highest BCUT2D eigenvalue weighted by atomic mass is 32.2. The second-order valence-corrected chi connectivity index (χ2v) is 11.4. The van der Waals surface area contributed by atoms with Crippen molar-refractivity contribution in [2.24, 2.45) is 5.92 Å². The van der Waals surface area contributed by atoms with Crippen molar-refractivity contribution in [1.29, 1.82) is 0 Å². The summed E-state index contributed by atoms with van der Waals surface area (Å²) in [5.41, 5.74) is 3.57. The molecule has 0 saturated carbocycles. The van der Waals surface area contributed by atoms with Gasteiger partial charge in [-0.2, -0.15) is 0 Å². The van der Waals surface area contributed by atoms with Gasteiger partial charge in [0, 0.05) is 31.1 Å². The lowest BCUT2D eigenvalue weighted by Crippen LogP contribution is -2.37. The molecule has 0 saturated heterocycles. The van der Waals surface area contributed by atoms with Crippen LogP contribution in [0.25, 0.3) is 0 Å². The molecule has 1 N–H and O–H groups in total. The van der Waals surface area contributed by atoms with E-state index in [0.717, 1.165) is 23.5 Å². The number of sulfone groups is 1. The number of rotatable bonds is 7. The zero-order chi connectivity index (χ0) is 25.2. The summed E-state index contributed by atoms with van der Waals surface area (Å²) >= 11 is 0. The smallest absolute Gasteiger partial charge is 0.251 e. The van der Waals surface area contributed by atoms with Gasteiger partial charge in [0.05, 0.1) is 23.0 Å². The van der Waals surface area contributed by atoms with Gasteiger partial charge in [0.2, 0.25) is 5.95 Å². The fraction of sp³-hybridized carbons (Fsp3) is 0.346. The molecule has 0 fully saturated rings. The third-order valence-electron chi connectivity index (χ3n) is 6.39. The largest absolute Gasteiger partial charge is 0.348 e. The van der Waals surface area contributed by atoms with E-state index in [1.54, 1.807) is 31.2 Å². The standard InChI is InChI=1S/C26H29FN4O3S/c1-4-35(33,34)22-8-5-18(6-9-22)12-28-25(32)19-7-10-23-20(11-19)15-31(16-24(23)17(2)3)26-29-13-21(27)14-30-26/h5-11,13-14,17,24H,4,12,15-16H2,1-3H3,(H,28,32)/t24-/m1/s1. The molecule has 0 aliphatic carbocycles. The number of hydrogen-bond acceptors (Lipinski definition) is 6. The summed E-state index contributed by atoms with van der Waals surface area (Å²) in [4.78, 5) is 23.5. The minimum atomic E-state index is -3.25. The van der Waals surface area contributed by atoms with Crippen molar-refractivity contribution < 1.29 is 17.6 Å². The number of nitrogens with one attached hydrogen (secondary N) is 1. The highest BCUT2D eigenvalue weighted by Gasteiger charge is 2.29. The average Bonchev–Trinajstić information content (AvgIpc) is 2.86. The van der Waals surface area contributed by atoms with Crippen LogP contribution in [-0.4, -0.2) is 36.6 Å². The molecule has 0 unspecified atom stereocenters. The molecule has 1 aromatic heterocycles. The van der Waals surface area contributed by atoms with E-state index in [9.17, 15) is 17.6 Å². The summed E-state index contributed by atoms with van der Waals surface area (Å²) in [7, 11) is -3.25. The lowest BCUT2D eigenvalue weighted by molar-refractivity contribution is 0.0950. The third-order valence-corrected chi connectivity index (χ3v) is 8.14. The predicted molar refractivity (Wildman–Crippen MR) is 132 cm³/mol. The molecule has 9 heteroatoms. The first-order valence-electron chi connectivity index (χ1n) is 11.6. The van der Waals surface area contributed by atoms with Crippen LogP contribution in [0.3, 0.4) is 0 Å². The summed E-state index contributed by atoms with van der Waals surface area (Å²) in [6.07, 6.45) is 2.33. The molecular formula is C26H29FN4O3S. The van der Waals surface area contributed by atoms with E-state index < -0.39 is 15.7 Å². The molecule has 0 spiro atoms. The summed E-state index contributed by atoms with van der Waals surface area (Å²) in [6, 6.07) is 12.3. The fourth-order valence-corrected chi connectivity index (χ4v) is 5.19. The first kappa shape index (κ1) is 24.8. The minimum Gasteiger partial charge on any atom is -0.348 e. The fourth-order valence-electron chi connectivity index (χ4n) is 4.31. The third kappa shape index (κ3) is 5.51. The number of anilines is 1. The Balaban J connectivity index is 1.50. The van der Waals surface area contributed by atoms with E-state index in [4.69, 9.17) is 0 Å². The molecule has 4 rings (SSSR count). The van der Waals surface area contributed by atoms with Gasteiger partial charge in [0.1, 0.15) is 0 Å². The zero-order valence-electron chi connectivity index (χ0n) is 20.0. The number of carbonyl (C=O) groups is 1. The molecular weight excluding hydrogens is 467 g/mol. The Morgan fingerprint density at radius 3 is 2.46 bits per heavy atom. The van der Waals surface area contributed by atoms with Gasteiger partial charge in [0.25, 0.3) is 5.91 Å². The number of halogens is 1. The molecule has 1 amide bonds. The number of fused-ring (bicyclic) bond motifs is 1. The highest BCUT2D eigenvalue weighted by molar-refractivity contribution is 7.91. The number of amides is 1. The summed E-state index contributed by atoms with van der Waals surface area (Å²) < 4.78 is 37.3. The highest BCUT2D eigenvalue weighted by Crippen LogP contribution is 2.35. The minimum absolute atomic E-state index is 0.0454. The van der Waals surface area contributed by atoms with Crippen LogP contribution in [0.2, 0.25) is 0 Å². The van der Waals surface area contributed by atoms with Gasteiger partial charge in [-0.25, -0.2) is 22.8 Å². The van der Waals surface area contributed by atoms with E-state index >= 15 is 0 Å². The Bertz CT molecular complexity index is 1310. The molecule has 1 aliphatic rings. The predicted octanol–water partition coefficient (Wildman–Crippen LogP) is 4.10. The topological polar surface area (TPSA) is 92.3 Å². The molecule has 7 nitrogen and oxygen atoms in total. The Morgan fingerprint density at radius 1 is 1.14 bits per heavy atom. The Kier molecular flexibility index (Phi) is 7.16. The number of nitrogens with zero attached hydrogens (tertiary/aromatic N) is 3. The monoisotopic (exact) mass is 496 g/mol. The first-order valence-corrected chi connectivity index (χ1v) is 13.3. The SMILES string of the molecule is CCS(=O)(=O)c1ccc(CNC(=O)c2ccc3c(c2)CN(c2ncc(F)cn2)C[C@@H]3C(C)C)cc1. The lowest BCUT2D eigenvalue weighted by atomic mass is 9.82. The number of aromatic nitrogens is 2. The lowest BCUT2D eigenvalue weighted by Gasteiger charge is -2.37. The van der Waals surface area contributed by atoms with Crippen molar-refractivity contribution in [3.8, 4) is 0 Å². The van der Waals surface area contributed by atoms with Gasteiger partial charge in [-0.15, -0.1) is 0 Å². The van der Waals surface area contributed by atoms with Gasteiger partial charge in [-0.05, 0) is 46.9 Å². The maximum absolute atomic E-state index is 13.3. The quantitative estimate of drug-likeness (QED) is 0.530. The van der Waals surface area contributed by atoms with Crippen LogP contribution in [-0.2, 0) is 22.9 Å². The maximum atomic E-state index is 13.3. The van der Waals surface area contributed by atoms with Crippen LogP contribution >= 0.6 is 0 Å². The average molecular weight is 497 g/mol.